The molecule has 5 heteroatoms. The van der Waals surface area contributed by atoms with Gasteiger partial charge >= 0.3 is 27.3 Å². The van der Waals surface area contributed by atoms with Gasteiger partial charge in [-0.25, -0.2) is 0 Å². The minimum atomic E-state index is -0.607. The molecule has 1 rings (SSSR count). The van der Waals surface area contributed by atoms with Crippen molar-refractivity contribution in [2.45, 2.75) is 0 Å². The molecule has 2 radical (unpaired) electrons. The van der Waals surface area contributed by atoms with Gasteiger partial charge < -0.3 is 15.3 Å². The van der Waals surface area contributed by atoms with Crippen LogP contribution in [0, 0.1) is 0 Å². The van der Waals surface area contributed by atoms with Gasteiger partial charge in [0.25, 0.3) is 0 Å². The van der Waals surface area contributed by atoms with Crippen molar-refractivity contribution in [3.8, 4) is 11.5 Å². The predicted octanol–water partition coefficient (Wildman–Crippen LogP) is -0.643. The maximum absolute atomic E-state index is 10.8. The van der Waals surface area contributed by atoms with Gasteiger partial charge in [0.15, 0.2) is 17.3 Å². The average molecular weight is 377 g/mol. The van der Waals surface area contributed by atoms with Crippen LogP contribution in [0.5, 0.6) is 11.5 Å². The Morgan fingerprint density at radius 2 is 1.85 bits per heavy atom. The van der Waals surface area contributed by atoms with E-state index in [2.05, 4.69) is 0 Å². The number of aliphatic hydroxyl groups excluding tert-OH is 1. The Morgan fingerprint density at radius 3 is 2.31 bits per heavy atom. The van der Waals surface area contributed by atoms with Crippen molar-refractivity contribution in [1.29, 1.82) is 0 Å². The second-order valence-electron chi connectivity index (χ2n) is 2.28. The van der Waals surface area contributed by atoms with Crippen LogP contribution in [-0.2, 0) is 0 Å². The summed E-state index contributed by atoms with van der Waals surface area (Å²) in [6.07, 6.45) is 0. The van der Waals surface area contributed by atoms with Crippen LogP contribution in [0.2, 0.25) is 0 Å². The molecule has 0 heterocycles. The van der Waals surface area contributed by atoms with Gasteiger partial charge in [0.2, 0.25) is 0 Å². The normalized spacial score (nSPS) is 9.00. The van der Waals surface area contributed by atoms with Gasteiger partial charge in [0, 0.05) is 5.56 Å². The van der Waals surface area contributed by atoms with Crippen LogP contribution >= 0.6 is 0 Å². The Labute approximate surface area is 95.0 Å². The predicted molar refractivity (Wildman–Crippen MR) is 49.7 cm³/mol. The first-order valence-corrected chi connectivity index (χ1v) is 3.31. The summed E-state index contributed by atoms with van der Waals surface area (Å²) in [4.78, 5) is 10.8. The van der Waals surface area contributed by atoms with E-state index in [0.717, 1.165) is 6.07 Å². The first-order valence-electron chi connectivity index (χ1n) is 3.31. The van der Waals surface area contributed by atoms with Crippen molar-refractivity contribution in [1.82, 2.24) is 0 Å². The van der Waals surface area contributed by atoms with Crippen molar-refractivity contribution in [3.05, 3.63) is 23.8 Å². The van der Waals surface area contributed by atoms with E-state index in [-0.39, 0.29) is 44.4 Å². The number of aromatic hydroxyl groups is 2. The van der Waals surface area contributed by atoms with Crippen LogP contribution in [-0.4, -0.2) is 55.0 Å². The number of phenols is 2. The molecule has 70 valence electrons. The van der Waals surface area contributed by atoms with Crippen LogP contribution in [0.1, 0.15) is 10.4 Å². The van der Waals surface area contributed by atoms with Crippen LogP contribution in [0.25, 0.3) is 0 Å². The van der Waals surface area contributed by atoms with E-state index >= 15 is 0 Å². The summed E-state index contributed by atoms with van der Waals surface area (Å²) in [5, 5.41) is 26.3. The summed E-state index contributed by atoms with van der Waals surface area (Å²) in [5.41, 5.74) is 0.174. The molecule has 0 aromatic heterocycles. The first-order chi connectivity index (χ1) is 5.65. The van der Waals surface area contributed by atoms with E-state index in [1.54, 1.807) is 0 Å². The van der Waals surface area contributed by atoms with Gasteiger partial charge in [-0.3, -0.25) is 4.79 Å². The standard InChI is InChI=1S/C8H8O4.Pb.2H/c9-4-8(12)5-1-2-6(10)7(11)3-5;;;/h1-3,9-11H,4H2;;;. The number of ketones is 1. The molecule has 0 aliphatic heterocycles. The molecule has 0 amide bonds. The van der Waals surface area contributed by atoms with Crippen LogP contribution in [0.3, 0.4) is 0 Å². The van der Waals surface area contributed by atoms with E-state index in [1.807, 2.05) is 0 Å². The van der Waals surface area contributed by atoms with Crippen molar-refractivity contribution >= 4 is 33.1 Å². The van der Waals surface area contributed by atoms with Crippen molar-refractivity contribution in [2.75, 3.05) is 6.61 Å². The quantitative estimate of drug-likeness (QED) is 0.364. The number of benzene rings is 1. The summed E-state index contributed by atoms with van der Waals surface area (Å²) >= 11 is 0. The first kappa shape index (κ1) is 12.4. The fraction of sp³-hybridized carbons (Fsp3) is 0.125. The van der Waals surface area contributed by atoms with Crippen LogP contribution in [0.15, 0.2) is 18.2 Å². The van der Waals surface area contributed by atoms with Gasteiger partial charge in [0.1, 0.15) is 6.61 Å². The van der Waals surface area contributed by atoms with Crippen LogP contribution < -0.4 is 0 Å². The molecule has 13 heavy (non-hydrogen) atoms. The third kappa shape index (κ3) is 2.96. The Morgan fingerprint density at radius 1 is 1.23 bits per heavy atom. The monoisotopic (exact) mass is 378 g/mol. The zero-order valence-electron chi connectivity index (χ0n) is 6.90. The maximum atomic E-state index is 10.8. The number of carbonyl (C=O) groups is 1. The topological polar surface area (TPSA) is 77.8 Å². The van der Waals surface area contributed by atoms with Crippen molar-refractivity contribution in [3.63, 3.8) is 0 Å². The Bertz CT molecular complexity index is 311. The summed E-state index contributed by atoms with van der Waals surface area (Å²) in [6, 6.07) is 3.62. The van der Waals surface area contributed by atoms with Gasteiger partial charge in [0.05, 0.1) is 0 Å². The van der Waals surface area contributed by atoms with Gasteiger partial charge in [-0.2, -0.15) is 0 Å². The zero-order chi connectivity index (χ0) is 9.14. The molecular formula is C8H10O4Pb. The van der Waals surface area contributed by atoms with E-state index in [4.69, 9.17) is 15.3 Å². The zero-order valence-corrected chi connectivity index (χ0v) is 12.4. The molecule has 0 unspecified atom stereocenters. The van der Waals surface area contributed by atoms with Crippen molar-refractivity contribution < 1.29 is 20.1 Å². The number of phenolic OH excluding ortho intramolecular Hbond substituents is 2. The number of aliphatic hydroxyl groups is 1. The van der Waals surface area contributed by atoms with Crippen LogP contribution in [0.4, 0.5) is 0 Å². The molecule has 0 aliphatic carbocycles. The van der Waals surface area contributed by atoms with E-state index in [0.29, 0.717) is 0 Å². The average Bonchev–Trinajstić information content (AvgIpc) is 2.08. The van der Waals surface area contributed by atoms with Gasteiger partial charge in [-0.15, -0.1) is 0 Å². The van der Waals surface area contributed by atoms with Gasteiger partial charge in [-0.1, -0.05) is 0 Å². The number of carbonyl (C=O) groups excluding carboxylic acids is 1. The fourth-order valence-electron chi connectivity index (χ4n) is 0.788. The van der Waals surface area contributed by atoms with E-state index in [1.165, 1.54) is 12.1 Å². The third-order valence-corrected chi connectivity index (χ3v) is 1.44. The Balaban J connectivity index is 0.00000144. The third-order valence-electron chi connectivity index (χ3n) is 1.44. The van der Waals surface area contributed by atoms with E-state index in [9.17, 15) is 4.79 Å². The molecule has 0 bridgehead atoms. The molecule has 0 fully saturated rings. The number of Topliss-reactive ketones (excluding diaryl/α,β-unsaturated/α-hetero) is 1. The van der Waals surface area contributed by atoms with Crippen molar-refractivity contribution in [2.24, 2.45) is 0 Å². The van der Waals surface area contributed by atoms with E-state index < -0.39 is 12.4 Å². The number of rotatable bonds is 2. The molecule has 0 spiro atoms. The summed E-state index contributed by atoms with van der Waals surface area (Å²) < 4.78 is 0. The number of hydrogen-bond acceptors (Lipinski definition) is 4. The summed E-state index contributed by atoms with van der Waals surface area (Å²) in [6.45, 7) is -0.607. The molecule has 0 saturated carbocycles. The Hall–Kier alpha value is -0.628. The number of hydrogen-bond donors (Lipinski definition) is 3. The molecule has 4 nitrogen and oxygen atoms in total. The second kappa shape index (κ2) is 5.18. The molecule has 0 saturated heterocycles. The summed E-state index contributed by atoms with van der Waals surface area (Å²) in [5.74, 6) is -1.15. The molecule has 1 aromatic carbocycles. The minimum absolute atomic E-state index is 0. The Kier molecular flexibility index (Phi) is 4.93. The molecule has 1 aromatic rings. The van der Waals surface area contributed by atoms with Gasteiger partial charge in [-0.05, 0) is 18.2 Å². The SMILES string of the molecule is O=C(CO)c1ccc(O)c(O)c1.[PbH2]. The second-order valence-corrected chi connectivity index (χ2v) is 2.28. The molecule has 0 aliphatic rings. The summed E-state index contributed by atoms with van der Waals surface area (Å²) in [7, 11) is 0. The molecule has 0 atom stereocenters. The molecular weight excluding hydrogens is 367 g/mol. The molecule has 3 N–H and O–H groups in total. The fourth-order valence-corrected chi connectivity index (χ4v) is 0.788.